The van der Waals surface area contributed by atoms with E-state index in [0.717, 1.165) is 13.2 Å². The molecule has 3 heteroatoms. The molecule has 1 saturated heterocycles. The van der Waals surface area contributed by atoms with E-state index in [1.54, 1.807) is 0 Å². The number of ether oxygens (including phenoxy) is 1. The Morgan fingerprint density at radius 3 is 2.53 bits per heavy atom. The SMILES string of the molecule is Cc1cccc(C)c1C(CN)N1CC(C)OCC1C. The molecular weight excluding hydrogens is 236 g/mol. The van der Waals surface area contributed by atoms with E-state index in [0.29, 0.717) is 18.6 Å². The van der Waals surface area contributed by atoms with Gasteiger partial charge in [-0.3, -0.25) is 4.90 Å². The van der Waals surface area contributed by atoms with Crippen LogP contribution in [-0.4, -0.2) is 36.7 Å². The second kappa shape index (κ2) is 6.04. The molecule has 1 fully saturated rings. The Labute approximate surface area is 116 Å². The van der Waals surface area contributed by atoms with Gasteiger partial charge in [0.15, 0.2) is 0 Å². The maximum atomic E-state index is 6.10. The van der Waals surface area contributed by atoms with Gasteiger partial charge in [-0.15, -0.1) is 0 Å². The van der Waals surface area contributed by atoms with E-state index < -0.39 is 0 Å². The monoisotopic (exact) mass is 262 g/mol. The summed E-state index contributed by atoms with van der Waals surface area (Å²) in [4.78, 5) is 2.50. The van der Waals surface area contributed by atoms with Crippen LogP contribution in [0.4, 0.5) is 0 Å². The molecule has 1 aromatic carbocycles. The summed E-state index contributed by atoms with van der Waals surface area (Å²) >= 11 is 0. The van der Waals surface area contributed by atoms with Crippen LogP contribution >= 0.6 is 0 Å². The molecule has 1 aromatic rings. The van der Waals surface area contributed by atoms with Crippen molar-refractivity contribution in [3.05, 3.63) is 34.9 Å². The molecule has 0 spiro atoms. The molecule has 0 amide bonds. The Morgan fingerprint density at radius 1 is 1.32 bits per heavy atom. The molecule has 0 aliphatic carbocycles. The average molecular weight is 262 g/mol. The van der Waals surface area contributed by atoms with Gasteiger partial charge in [-0.25, -0.2) is 0 Å². The number of nitrogens with two attached hydrogens (primary N) is 1. The number of rotatable bonds is 3. The Bertz CT molecular complexity index is 413. The molecule has 0 radical (unpaired) electrons. The van der Waals surface area contributed by atoms with Crippen LogP contribution in [0.1, 0.15) is 36.6 Å². The van der Waals surface area contributed by atoms with Crippen molar-refractivity contribution in [1.82, 2.24) is 4.90 Å². The van der Waals surface area contributed by atoms with Gasteiger partial charge >= 0.3 is 0 Å². The van der Waals surface area contributed by atoms with Gasteiger partial charge in [0, 0.05) is 25.2 Å². The third-order valence-corrected chi connectivity index (χ3v) is 4.15. The summed E-state index contributed by atoms with van der Waals surface area (Å²) in [5.41, 5.74) is 10.2. The Kier molecular flexibility index (Phi) is 4.61. The van der Waals surface area contributed by atoms with Gasteiger partial charge in [0.05, 0.1) is 12.7 Å². The first-order chi connectivity index (χ1) is 9.04. The number of hydrogen-bond acceptors (Lipinski definition) is 3. The zero-order valence-corrected chi connectivity index (χ0v) is 12.5. The number of morpholine rings is 1. The second-order valence-corrected chi connectivity index (χ2v) is 5.75. The lowest BCUT2D eigenvalue weighted by Gasteiger charge is -2.42. The second-order valence-electron chi connectivity index (χ2n) is 5.75. The van der Waals surface area contributed by atoms with Gasteiger partial charge in [0.25, 0.3) is 0 Å². The van der Waals surface area contributed by atoms with Crippen LogP contribution in [0.2, 0.25) is 0 Å². The van der Waals surface area contributed by atoms with Crippen molar-refractivity contribution >= 4 is 0 Å². The Balaban J connectivity index is 2.33. The fourth-order valence-corrected chi connectivity index (χ4v) is 3.14. The van der Waals surface area contributed by atoms with Crippen LogP contribution in [0.5, 0.6) is 0 Å². The highest BCUT2D eigenvalue weighted by atomic mass is 16.5. The van der Waals surface area contributed by atoms with Crippen LogP contribution in [0.3, 0.4) is 0 Å². The third-order valence-electron chi connectivity index (χ3n) is 4.15. The summed E-state index contributed by atoms with van der Waals surface area (Å²) in [6.45, 7) is 11.1. The normalized spacial score (nSPS) is 26.4. The first-order valence-corrected chi connectivity index (χ1v) is 7.18. The van der Waals surface area contributed by atoms with E-state index in [9.17, 15) is 0 Å². The molecular formula is C16H26N2O. The van der Waals surface area contributed by atoms with Crippen molar-refractivity contribution < 1.29 is 4.74 Å². The predicted molar refractivity (Wildman–Crippen MR) is 79.3 cm³/mol. The van der Waals surface area contributed by atoms with E-state index in [1.165, 1.54) is 16.7 Å². The summed E-state index contributed by atoms with van der Waals surface area (Å²) in [6, 6.07) is 7.19. The van der Waals surface area contributed by atoms with E-state index >= 15 is 0 Å². The molecule has 0 bridgehead atoms. The van der Waals surface area contributed by atoms with Crippen LogP contribution in [0.15, 0.2) is 18.2 Å². The highest BCUT2D eigenvalue weighted by Crippen LogP contribution is 2.30. The van der Waals surface area contributed by atoms with E-state index in [1.807, 2.05) is 0 Å². The zero-order valence-electron chi connectivity index (χ0n) is 12.5. The summed E-state index contributed by atoms with van der Waals surface area (Å²) in [7, 11) is 0. The van der Waals surface area contributed by atoms with Gasteiger partial charge < -0.3 is 10.5 Å². The predicted octanol–water partition coefficient (Wildman–Crippen LogP) is 2.41. The first kappa shape index (κ1) is 14.5. The lowest BCUT2D eigenvalue weighted by Crippen LogP contribution is -2.50. The topological polar surface area (TPSA) is 38.5 Å². The minimum atomic E-state index is 0.287. The summed E-state index contributed by atoms with van der Waals surface area (Å²) in [5.74, 6) is 0. The van der Waals surface area contributed by atoms with Gasteiger partial charge in [0.2, 0.25) is 0 Å². The lowest BCUT2D eigenvalue weighted by molar-refractivity contribution is -0.0655. The average Bonchev–Trinajstić information content (AvgIpc) is 2.37. The zero-order chi connectivity index (χ0) is 14.0. The Hall–Kier alpha value is -0.900. The van der Waals surface area contributed by atoms with Crippen molar-refractivity contribution in [2.45, 2.75) is 45.9 Å². The highest BCUT2D eigenvalue weighted by molar-refractivity contribution is 5.36. The van der Waals surface area contributed by atoms with Crippen LogP contribution in [0.25, 0.3) is 0 Å². The van der Waals surface area contributed by atoms with E-state index in [4.69, 9.17) is 10.5 Å². The fraction of sp³-hybridized carbons (Fsp3) is 0.625. The van der Waals surface area contributed by atoms with Crippen molar-refractivity contribution in [1.29, 1.82) is 0 Å². The molecule has 3 atom stereocenters. The minimum Gasteiger partial charge on any atom is -0.376 e. The van der Waals surface area contributed by atoms with Gasteiger partial charge in [0.1, 0.15) is 0 Å². The largest absolute Gasteiger partial charge is 0.376 e. The summed E-state index contributed by atoms with van der Waals surface area (Å²) in [6.07, 6.45) is 0.287. The first-order valence-electron chi connectivity index (χ1n) is 7.18. The molecule has 19 heavy (non-hydrogen) atoms. The smallest absolute Gasteiger partial charge is 0.0675 e. The maximum Gasteiger partial charge on any atom is 0.0675 e. The fourth-order valence-electron chi connectivity index (χ4n) is 3.14. The molecule has 106 valence electrons. The highest BCUT2D eigenvalue weighted by Gasteiger charge is 2.31. The molecule has 3 nitrogen and oxygen atoms in total. The number of hydrogen-bond donors (Lipinski definition) is 1. The number of nitrogens with zero attached hydrogens (tertiary/aromatic N) is 1. The lowest BCUT2D eigenvalue weighted by atomic mass is 9.93. The summed E-state index contributed by atoms with van der Waals surface area (Å²) in [5, 5.41) is 0. The van der Waals surface area contributed by atoms with Gasteiger partial charge in [-0.1, -0.05) is 18.2 Å². The molecule has 2 N–H and O–H groups in total. The van der Waals surface area contributed by atoms with E-state index in [-0.39, 0.29) is 6.10 Å². The van der Waals surface area contributed by atoms with Gasteiger partial charge in [-0.2, -0.15) is 0 Å². The number of benzene rings is 1. The quantitative estimate of drug-likeness (QED) is 0.909. The molecule has 0 aromatic heterocycles. The summed E-state index contributed by atoms with van der Waals surface area (Å²) < 4.78 is 5.73. The van der Waals surface area contributed by atoms with Crippen LogP contribution in [-0.2, 0) is 4.74 Å². The molecule has 2 rings (SSSR count). The molecule has 1 heterocycles. The van der Waals surface area contributed by atoms with Crippen LogP contribution in [0, 0.1) is 13.8 Å². The Morgan fingerprint density at radius 2 is 1.95 bits per heavy atom. The minimum absolute atomic E-state index is 0.287. The van der Waals surface area contributed by atoms with Gasteiger partial charge in [-0.05, 0) is 44.4 Å². The molecule has 0 saturated carbocycles. The van der Waals surface area contributed by atoms with E-state index in [2.05, 4.69) is 50.8 Å². The number of aryl methyl sites for hydroxylation is 2. The van der Waals surface area contributed by atoms with Crippen molar-refractivity contribution in [3.63, 3.8) is 0 Å². The van der Waals surface area contributed by atoms with Crippen LogP contribution < -0.4 is 5.73 Å². The standard InChI is InChI=1S/C16H26N2O/c1-11-6-5-7-12(2)16(11)15(8-17)18-9-14(4)19-10-13(18)3/h5-7,13-15H,8-10,17H2,1-4H3. The molecule has 3 unspecified atom stereocenters. The third kappa shape index (κ3) is 2.99. The van der Waals surface area contributed by atoms with Crippen molar-refractivity contribution in [3.8, 4) is 0 Å². The molecule has 1 aliphatic rings. The maximum absolute atomic E-state index is 6.10. The van der Waals surface area contributed by atoms with Crippen molar-refractivity contribution in [2.75, 3.05) is 19.7 Å². The van der Waals surface area contributed by atoms with Crippen molar-refractivity contribution in [2.24, 2.45) is 5.73 Å². The molecule has 1 aliphatic heterocycles.